The third kappa shape index (κ3) is 3.30. The highest BCUT2D eigenvalue weighted by atomic mass is 35.5. The van der Waals surface area contributed by atoms with E-state index in [0.29, 0.717) is 16.5 Å². The number of hydrogen-bond donors (Lipinski definition) is 1. The van der Waals surface area contributed by atoms with Crippen molar-refractivity contribution in [3.8, 4) is 5.69 Å². The zero-order valence-electron chi connectivity index (χ0n) is 14.7. The fourth-order valence-electron chi connectivity index (χ4n) is 3.38. The van der Waals surface area contributed by atoms with E-state index < -0.39 is 17.9 Å². The third-order valence-electron chi connectivity index (χ3n) is 4.99. The monoisotopic (exact) mass is 390 g/mol. The van der Waals surface area contributed by atoms with Crippen LogP contribution in [0.25, 0.3) is 5.69 Å². The van der Waals surface area contributed by atoms with Gasteiger partial charge in [0.2, 0.25) is 5.82 Å². The molecule has 142 valence electrons. The minimum atomic E-state index is -1.06. The van der Waals surface area contributed by atoms with Crippen LogP contribution in [0.2, 0.25) is 5.02 Å². The molecule has 2 atom stereocenters. The number of aromatic nitrogens is 3. The minimum absolute atomic E-state index is 0.0141. The largest absolute Gasteiger partial charge is 0.480 e. The quantitative estimate of drug-likeness (QED) is 0.839. The summed E-state index contributed by atoms with van der Waals surface area (Å²) in [5, 5.41) is 14.3. The molecule has 8 nitrogen and oxygen atoms in total. The Morgan fingerprint density at radius 2 is 2.04 bits per heavy atom. The number of aliphatic carboxylic acids is 1. The van der Waals surface area contributed by atoms with Crippen LogP contribution >= 0.6 is 11.6 Å². The molecule has 27 heavy (non-hydrogen) atoms. The van der Waals surface area contributed by atoms with E-state index in [0.717, 1.165) is 12.8 Å². The van der Waals surface area contributed by atoms with Crippen molar-refractivity contribution in [3.63, 3.8) is 0 Å². The predicted octanol–water partition coefficient (Wildman–Crippen LogP) is 2.11. The van der Waals surface area contributed by atoms with E-state index in [-0.39, 0.29) is 30.8 Å². The number of hydrogen-bond acceptors (Lipinski definition) is 5. The van der Waals surface area contributed by atoms with Crippen molar-refractivity contribution in [1.29, 1.82) is 0 Å². The molecule has 0 radical (unpaired) electrons. The number of carboxylic acid groups (broad SMARTS) is 1. The Labute approximate surface area is 160 Å². The molecule has 2 aliphatic rings. The van der Waals surface area contributed by atoms with Gasteiger partial charge in [-0.3, -0.25) is 4.79 Å². The zero-order valence-corrected chi connectivity index (χ0v) is 15.5. The fourth-order valence-corrected chi connectivity index (χ4v) is 3.59. The van der Waals surface area contributed by atoms with Crippen LogP contribution in [-0.4, -0.2) is 62.4 Å². The number of amides is 1. The molecule has 1 aliphatic heterocycles. The smallest absolute Gasteiger partial charge is 0.326 e. The number of carbonyl (C=O) groups is 2. The van der Waals surface area contributed by atoms with Crippen molar-refractivity contribution in [2.45, 2.75) is 37.3 Å². The highest BCUT2D eigenvalue weighted by Crippen LogP contribution is 2.40. The Morgan fingerprint density at radius 1 is 1.30 bits per heavy atom. The van der Waals surface area contributed by atoms with Crippen molar-refractivity contribution in [2.24, 2.45) is 0 Å². The van der Waals surface area contributed by atoms with Gasteiger partial charge < -0.3 is 14.7 Å². The Morgan fingerprint density at radius 3 is 2.67 bits per heavy atom. The van der Waals surface area contributed by atoms with Crippen molar-refractivity contribution in [2.75, 3.05) is 13.7 Å². The molecule has 0 spiro atoms. The SMILES string of the molecule is COC1CC(C(=O)O)N(C(=O)c2nc(C3CC3)n(-c3ccccc3Cl)n2)C1. The van der Waals surface area contributed by atoms with Crippen LogP contribution in [0, 0.1) is 0 Å². The fraction of sp³-hybridized carbons (Fsp3) is 0.444. The molecule has 1 saturated carbocycles. The Kier molecular flexibility index (Phi) is 4.61. The number of ether oxygens (including phenoxy) is 1. The molecule has 1 amide bonds. The van der Waals surface area contributed by atoms with Crippen LogP contribution in [0.1, 0.15) is 41.6 Å². The Bertz CT molecular complexity index is 895. The van der Waals surface area contributed by atoms with Gasteiger partial charge in [0.25, 0.3) is 5.91 Å². The standard InChI is InChI=1S/C18H19ClN4O4/c1-27-11-8-14(18(25)26)22(9-11)17(24)15-20-16(10-6-7-10)23(21-15)13-5-3-2-4-12(13)19/h2-5,10-11,14H,6-9H2,1H3,(H,25,26). The lowest BCUT2D eigenvalue weighted by Gasteiger charge is -2.19. The molecule has 1 aromatic carbocycles. The van der Waals surface area contributed by atoms with Gasteiger partial charge in [-0.1, -0.05) is 23.7 Å². The molecular weight excluding hydrogens is 372 g/mol. The normalized spacial score (nSPS) is 22.2. The number of para-hydroxylation sites is 1. The molecule has 2 fully saturated rings. The summed E-state index contributed by atoms with van der Waals surface area (Å²) in [5.74, 6) is -0.665. The average molecular weight is 391 g/mol. The van der Waals surface area contributed by atoms with Crippen molar-refractivity contribution in [3.05, 3.63) is 40.9 Å². The number of carboxylic acids is 1. The van der Waals surface area contributed by atoms with Gasteiger partial charge in [0.1, 0.15) is 11.9 Å². The number of nitrogens with zero attached hydrogens (tertiary/aromatic N) is 4. The second kappa shape index (κ2) is 6.94. The molecule has 0 bridgehead atoms. The van der Waals surface area contributed by atoms with Crippen LogP contribution < -0.4 is 0 Å². The van der Waals surface area contributed by atoms with Crippen LogP contribution in [0.5, 0.6) is 0 Å². The molecular formula is C18H19ClN4O4. The summed E-state index contributed by atoms with van der Waals surface area (Å²) in [6.45, 7) is 0.200. The molecule has 4 rings (SSSR count). The van der Waals surface area contributed by atoms with Crippen LogP contribution in [0.15, 0.2) is 24.3 Å². The maximum Gasteiger partial charge on any atom is 0.326 e. The van der Waals surface area contributed by atoms with Gasteiger partial charge in [-0.25, -0.2) is 14.5 Å². The van der Waals surface area contributed by atoms with Gasteiger partial charge in [-0.2, -0.15) is 0 Å². The lowest BCUT2D eigenvalue weighted by molar-refractivity contribution is -0.141. The number of benzene rings is 1. The minimum Gasteiger partial charge on any atom is -0.480 e. The first-order valence-electron chi connectivity index (χ1n) is 8.78. The summed E-state index contributed by atoms with van der Waals surface area (Å²) >= 11 is 6.30. The Balaban J connectivity index is 1.70. The van der Waals surface area contributed by atoms with E-state index in [1.807, 2.05) is 18.2 Å². The highest BCUT2D eigenvalue weighted by Gasteiger charge is 2.42. The van der Waals surface area contributed by atoms with Crippen molar-refractivity contribution < 1.29 is 19.4 Å². The summed E-state index contributed by atoms with van der Waals surface area (Å²) < 4.78 is 6.85. The lowest BCUT2D eigenvalue weighted by atomic mass is 10.2. The van der Waals surface area contributed by atoms with E-state index in [1.54, 1.807) is 10.7 Å². The summed E-state index contributed by atoms with van der Waals surface area (Å²) in [5.41, 5.74) is 0.651. The Hall–Kier alpha value is -2.45. The maximum atomic E-state index is 13.0. The molecule has 9 heteroatoms. The van der Waals surface area contributed by atoms with Crippen LogP contribution in [-0.2, 0) is 9.53 Å². The van der Waals surface area contributed by atoms with E-state index in [1.165, 1.54) is 12.0 Å². The van der Waals surface area contributed by atoms with Gasteiger partial charge >= 0.3 is 5.97 Å². The number of halogens is 1. The second-order valence-corrected chi connectivity index (χ2v) is 7.24. The number of methoxy groups -OCH3 is 1. The van der Waals surface area contributed by atoms with E-state index in [9.17, 15) is 14.7 Å². The third-order valence-corrected chi connectivity index (χ3v) is 5.31. The van der Waals surface area contributed by atoms with Gasteiger partial charge in [0, 0.05) is 26.0 Å². The maximum absolute atomic E-state index is 13.0. The van der Waals surface area contributed by atoms with Gasteiger partial charge in [0.15, 0.2) is 0 Å². The van der Waals surface area contributed by atoms with Crippen molar-refractivity contribution >= 4 is 23.5 Å². The summed E-state index contributed by atoms with van der Waals surface area (Å²) in [6.07, 6.45) is 1.88. The molecule has 1 saturated heterocycles. The zero-order chi connectivity index (χ0) is 19.1. The first-order chi connectivity index (χ1) is 13.0. The molecule has 1 aliphatic carbocycles. The second-order valence-electron chi connectivity index (χ2n) is 6.84. The predicted molar refractivity (Wildman–Crippen MR) is 96.2 cm³/mol. The molecule has 1 aromatic heterocycles. The average Bonchev–Trinajstić information content (AvgIpc) is 3.25. The van der Waals surface area contributed by atoms with Crippen LogP contribution in [0.4, 0.5) is 0 Å². The summed E-state index contributed by atoms with van der Waals surface area (Å²) in [4.78, 5) is 30.3. The summed E-state index contributed by atoms with van der Waals surface area (Å²) in [7, 11) is 1.51. The topological polar surface area (TPSA) is 97.5 Å². The number of likely N-dealkylation sites (tertiary alicyclic amines) is 1. The molecule has 2 unspecified atom stereocenters. The number of rotatable bonds is 5. The lowest BCUT2D eigenvalue weighted by Crippen LogP contribution is -2.41. The number of carbonyl (C=O) groups excluding carboxylic acids is 1. The first-order valence-corrected chi connectivity index (χ1v) is 9.15. The van der Waals surface area contributed by atoms with E-state index >= 15 is 0 Å². The van der Waals surface area contributed by atoms with Gasteiger partial charge in [-0.15, -0.1) is 5.10 Å². The first kappa shape index (κ1) is 17.9. The highest BCUT2D eigenvalue weighted by molar-refractivity contribution is 6.32. The molecule has 1 N–H and O–H groups in total. The van der Waals surface area contributed by atoms with Gasteiger partial charge in [-0.05, 0) is 25.0 Å². The van der Waals surface area contributed by atoms with E-state index in [4.69, 9.17) is 16.3 Å². The molecule has 2 heterocycles. The van der Waals surface area contributed by atoms with E-state index in [2.05, 4.69) is 10.1 Å². The van der Waals surface area contributed by atoms with Crippen molar-refractivity contribution in [1.82, 2.24) is 19.7 Å². The van der Waals surface area contributed by atoms with Crippen LogP contribution in [0.3, 0.4) is 0 Å². The molecule has 2 aromatic rings. The van der Waals surface area contributed by atoms with Gasteiger partial charge in [0.05, 0.1) is 16.8 Å². The summed E-state index contributed by atoms with van der Waals surface area (Å²) in [6, 6.07) is 6.28.